The summed E-state index contributed by atoms with van der Waals surface area (Å²) in [5.41, 5.74) is 2.37. The molecular formula is C3H5OP. The van der Waals surface area contributed by atoms with E-state index in [1.807, 2.05) is 0 Å². The Balaban J connectivity index is 3.31. The van der Waals surface area contributed by atoms with Crippen LogP contribution in [-0.4, -0.2) is 0 Å². The third-order valence-corrected chi connectivity index (χ3v) is 0.558. The van der Waals surface area contributed by atoms with Crippen LogP contribution in [0.4, 0.5) is 0 Å². The molecule has 0 aliphatic heterocycles. The molecule has 0 amide bonds. The molecule has 0 bridgehead atoms. The van der Waals surface area contributed by atoms with Gasteiger partial charge in [-0.15, -0.1) is 5.73 Å². The summed E-state index contributed by atoms with van der Waals surface area (Å²) in [5.74, 6) is 1.42. The molecule has 0 fully saturated rings. The molecule has 28 valence electrons. The second kappa shape index (κ2) is 3.75. The number of hydrogen-bond acceptors (Lipinski definition) is 1. The largest absolute Gasteiger partial charge is 0.325 e. The van der Waals surface area contributed by atoms with Crippen molar-refractivity contribution in [3.05, 3.63) is 18.1 Å². The molecule has 0 saturated heterocycles. The number of hydrogen-bond donors (Lipinski definition) is 0. The summed E-state index contributed by atoms with van der Waals surface area (Å²) >= 11 is 0. The molecule has 1 unspecified atom stereocenters. The Kier molecular flexibility index (Phi) is 3.56. The third-order valence-electron chi connectivity index (χ3n) is 0.186. The molecule has 0 N–H and O–H groups in total. The maximum Gasteiger partial charge on any atom is 0.0925 e. The van der Waals surface area contributed by atoms with Gasteiger partial charge in [-0.1, -0.05) is 6.58 Å². The molecule has 0 saturated carbocycles. The van der Waals surface area contributed by atoms with Crippen LogP contribution in [0.2, 0.25) is 0 Å². The molecule has 0 aromatic rings. The first-order chi connectivity index (χ1) is 2.41. The van der Waals surface area contributed by atoms with E-state index in [2.05, 4.69) is 12.3 Å². The molecule has 1 nitrogen and oxygen atoms in total. The van der Waals surface area contributed by atoms with Crippen LogP contribution in [0.5, 0.6) is 0 Å². The Morgan fingerprint density at radius 3 is 2.60 bits per heavy atom. The van der Waals surface area contributed by atoms with Crippen LogP contribution < -0.4 is 0 Å². The van der Waals surface area contributed by atoms with Crippen molar-refractivity contribution < 1.29 is 4.57 Å². The van der Waals surface area contributed by atoms with E-state index < -0.39 is 8.46 Å². The first-order valence-corrected chi connectivity index (χ1v) is 2.35. The average Bonchev–Trinajstić information content (AvgIpc) is 1.41. The Labute approximate surface area is 32.2 Å². The van der Waals surface area contributed by atoms with Gasteiger partial charge in [-0.2, -0.15) is 0 Å². The Morgan fingerprint density at radius 2 is 2.60 bits per heavy atom. The summed E-state index contributed by atoms with van der Waals surface area (Å²) in [6, 6.07) is 0. The van der Waals surface area contributed by atoms with E-state index in [4.69, 9.17) is 0 Å². The zero-order valence-corrected chi connectivity index (χ0v) is 3.92. The molecule has 0 heterocycles. The van der Waals surface area contributed by atoms with Crippen LogP contribution >= 0.6 is 8.46 Å². The van der Waals surface area contributed by atoms with Crippen LogP contribution in [0.3, 0.4) is 0 Å². The van der Waals surface area contributed by atoms with Crippen LogP contribution in [-0.2, 0) is 4.57 Å². The van der Waals surface area contributed by atoms with Gasteiger partial charge in [0.05, 0.1) is 8.46 Å². The van der Waals surface area contributed by atoms with Crippen molar-refractivity contribution in [1.82, 2.24) is 0 Å². The molecule has 0 spiro atoms. The first kappa shape index (κ1) is 4.75. The quantitative estimate of drug-likeness (QED) is 0.345. The van der Waals surface area contributed by atoms with E-state index in [9.17, 15) is 4.57 Å². The van der Waals surface area contributed by atoms with Gasteiger partial charge in [0.25, 0.3) is 0 Å². The second-order valence-electron chi connectivity index (χ2n) is 0.507. The highest BCUT2D eigenvalue weighted by Crippen LogP contribution is 1.86. The normalized spacial score (nSPS) is 8.00. The van der Waals surface area contributed by atoms with Crippen molar-refractivity contribution in [3.8, 4) is 0 Å². The molecule has 1 atom stereocenters. The summed E-state index contributed by atoms with van der Waals surface area (Å²) in [5, 5.41) is 0. The lowest BCUT2D eigenvalue weighted by molar-refractivity contribution is 0.603. The fourth-order valence-corrected chi connectivity index (χ4v) is 0.144. The average molecular weight is 88.0 g/mol. The molecule has 0 rings (SSSR count). The Bertz CT molecular complexity index is 71.0. The molecular weight excluding hydrogens is 83.0 g/mol. The summed E-state index contributed by atoms with van der Waals surface area (Å²) < 4.78 is 9.46. The maximum atomic E-state index is 9.46. The molecule has 2 heteroatoms. The van der Waals surface area contributed by atoms with Gasteiger partial charge in [0.15, 0.2) is 0 Å². The maximum absolute atomic E-state index is 9.46. The fourth-order valence-electron chi connectivity index (χ4n) is 0.0481. The fraction of sp³-hybridized carbons (Fsp3) is 0. The van der Waals surface area contributed by atoms with E-state index in [0.29, 0.717) is 0 Å². The SMILES string of the molecule is C=C=C[PH2]=O. The van der Waals surface area contributed by atoms with Gasteiger partial charge in [-0.05, 0) is 0 Å². The highest BCUT2D eigenvalue weighted by molar-refractivity contribution is 7.27. The van der Waals surface area contributed by atoms with Gasteiger partial charge in [-0.3, -0.25) is 0 Å². The Morgan fingerprint density at radius 1 is 2.00 bits per heavy atom. The van der Waals surface area contributed by atoms with Crippen molar-refractivity contribution >= 4 is 8.46 Å². The van der Waals surface area contributed by atoms with Gasteiger partial charge in [0, 0.05) is 5.82 Å². The zero-order valence-electron chi connectivity index (χ0n) is 2.77. The lowest BCUT2D eigenvalue weighted by atomic mass is 11.0. The molecule has 0 aliphatic rings. The van der Waals surface area contributed by atoms with Gasteiger partial charge in [0.2, 0.25) is 0 Å². The topological polar surface area (TPSA) is 17.1 Å². The van der Waals surface area contributed by atoms with Gasteiger partial charge in [-0.25, -0.2) is 0 Å². The van der Waals surface area contributed by atoms with Gasteiger partial charge in [0.1, 0.15) is 0 Å². The highest BCUT2D eigenvalue weighted by atomic mass is 31.1. The van der Waals surface area contributed by atoms with E-state index >= 15 is 0 Å². The van der Waals surface area contributed by atoms with Crippen molar-refractivity contribution in [2.45, 2.75) is 0 Å². The molecule has 0 radical (unpaired) electrons. The molecule has 0 aromatic carbocycles. The van der Waals surface area contributed by atoms with E-state index in [0.717, 1.165) is 0 Å². The van der Waals surface area contributed by atoms with Gasteiger partial charge < -0.3 is 4.57 Å². The van der Waals surface area contributed by atoms with E-state index in [1.54, 1.807) is 0 Å². The van der Waals surface area contributed by atoms with Crippen LogP contribution in [0, 0.1) is 0 Å². The van der Waals surface area contributed by atoms with Crippen molar-refractivity contribution in [2.24, 2.45) is 0 Å². The molecule has 0 aliphatic carbocycles. The van der Waals surface area contributed by atoms with Crippen molar-refractivity contribution in [2.75, 3.05) is 0 Å². The summed E-state index contributed by atoms with van der Waals surface area (Å²) in [7, 11) is -0.763. The second-order valence-corrected chi connectivity index (χ2v) is 1.11. The van der Waals surface area contributed by atoms with Crippen LogP contribution in [0.25, 0.3) is 0 Å². The predicted molar refractivity (Wildman–Crippen MR) is 24.1 cm³/mol. The monoisotopic (exact) mass is 88.0 g/mol. The van der Waals surface area contributed by atoms with Gasteiger partial charge >= 0.3 is 0 Å². The molecule has 0 aromatic heterocycles. The van der Waals surface area contributed by atoms with E-state index in [-0.39, 0.29) is 0 Å². The smallest absolute Gasteiger partial charge is 0.0925 e. The summed E-state index contributed by atoms with van der Waals surface area (Å²) in [6.07, 6.45) is 0. The van der Waals surface area contributed by atoms with Crippen molar-refractivity contribution in [3.63, 3.8) is 0 Å². The Hall–Kier alpha value is -0.250. The third kappa shape index (κ3) is 3.75. The van der Waals surface area contributed by atoms with Crippen LogP contribution in [0.1, 0.15) is 0 Å². The lowest BCUT2D eigenvalue weighted by Crippen LogP contribution is -1.11. The van der Waals surface area contributed by atoms with E-state index in [1.165, 1.54) is 5.82 Å². The zero-order chi connectivity index (χ0) is 4.12. The predicted octanol–water partition coefficient (Wildman–Crippen LogP) is 1.04. The minimum atomic E-state index is -0.763. The standard InChI is InChI=1S/C3H5OP/c1-2-3-5-4/h3H,1,5H2. The number of rotatable bonds is 1. The first-order valence-electron chi connectivity index (χ1n) is 1.21. The molecule has 5 heavy (non-hydrogen) atoms. The van der Waals surface area contributed by atoms with Crippen molar-refractivity contribution in [1.29, 1.82) is 0 Å². The van der Waals surface area contributed by atoms with Crippen LogP contribution in [0.15, 0.2) is 18.1 Å². The minimum Gasteiger partial charge on any atom is -0.325 e. The summed E-state index contributed by atoms with van der Waals surface area (Å²) in [4.78, 5) is 0. The highest BCUT2D eigenvalue weighted by Gasteiger charge is 1.41. The minimum absolute atomic E-state index is 0.763. The summed E-state index contributed by atoms with van der Waals surface area (Å²) in [6.45, 7) is 3.19. The lowest BCUT2D eigenvalue weighted by Gasteiger charge is -1.44.